The number of allylic oxidation sites excluding steroid dienone is 1. The van der Waals surface area contributed by atoms with E-state index in [1.54, 1.807) is 30.3 Å². The van der Waals surface area contributed by atoms with Gasteiger partial charge in [0.05, 0.1) is 42.2 Å². The van der Waals surface area contributed by atoms with Gasteiger partial charge in [-0.2, -0.15) is 0 Å². The summed E-state index contributed by atoms with van der Waals surface area (Å²) in [4.78, 5) is 50.3. The number of Topliss-reactive ketones (excluding diaryl/α,β-unsaturated/α-hetero) is 1. The molecule has 7 aromatic rings. The van der Waals surface area contributed by atoms with Crippen LogP contribution in [0.25, 0.3) is 38.8 Å². The van der Waals surface area contributed by atoms with E-state index in [0.29, 0.717) is 57.9 Å². The maximum absolute atomic E-state index is 15.3. The molecule has 2 bridgehead atoms. The van der Waals surface area contributed by atoms with E-state index >= 15 is 4.79 Å². The van der Waals surface area contributed by atoms with Gasteiger partial charge in [0.1, 0.15) is 37.0 Å². The van der Waals surface area contributed by atoms with E-state index < -0.39 is 29.5 Å². The number of fused-ring (bicyclic) bond motifs is 10. The average Bonchev–Trinajstić information content (AvgIpc) is 4.02. The fraction of sp³-hybridized carbons (Fsp3) is 0.400. The minimum absolute atomic E-state index is 0.000373. The molecule has 0 radical (unpaired) electrons. The number of aromatic amines is 2. The number of esters is 1. The van der Waals surface area contributed by atoms with Crippen molar-refractivity contribution in [1.82, 2.24) is 14.5 Å². The van der Waals surface area contributed by atoms with Crippen LogP contribution in [0.15, 0.2) is 103 Å². The Labute approximate surface area is 458 Å². The van der Waals surface area contributed by atoms with Gasteiger partial charge in [-0.1, -0.05) is 54.3 Å². The fourth-order valence-electron chi connectivity index (χ4n) is 15.4. The number of hydrogen-bond donors (Lipinski definition) is 7. The van der Waals surface area contributed by atoms with Crippen LogP contribution in [0, 0.1) is 52.8 Å². The maximum Gasteiger partial charge on any atom is 0.318 e. The van der Waals surface area contributed by atoms with E-state index in [-0.39, 0.29) is 103 Å². The summed E-state index contributed by atoms with van der Waals surface area (Å²) in [6.07, 6.45) is 8.79. The highest BCUT2D eigenvalue weighted by Crippen LogP contribution is 2.68. The van der Waals surface area contributed by atoms with Crippen LogP contribution in [-0.4, -0.2) is 90.6 Å². The summed E-state index contributed by atoms with van der Waals surface area (Å²) in [6.45, 7) is 0.417. The first-order chi connectivity index (χ1) is 38.4. The van der Waals surface area contributed by atoms with Crippen LogP contribution >= 0.6 is 0 Å². The van der Waals surface area contributed by atoms with Gasteiger partial charge in [-0.15, -0.1) is 0 Å². The van der Waals surface area contributed by atoms with Crippen molar-refractivity contribution in [3.05, 3.63) is 131 Å². The van der Waals surface area contributed by atoms with Crippen LogP contribution in [0.4, 0.5) is 0 Å². The lowest BCUT2D eigenvalue weighted by molar-refractivity contribution is -0.149. The van der Waals surface area contributed by atoms with Gasteiger partial charge in [0.25, 0.3) is 0 Å². The number of rotatable bonds is 11. The summed E-state index contributed by atoms with van der Waals surface area (Å²) in [5.41, 5.74) is 9.32. The average molecular weight is 1070 g/mol. The van der Waals surface area contributed by atoms with Crippen molar-refractivity contribution in [3.8, 4) is 51.8 Å². The molecule has 10 atom stereocenters. The summed E-state index contributed by atoms with van der Waals surface area (Å²) >= 11 is 0. The van der Waals surface area contributed by atoms with E-state index in [4.69, 9.17) is 14.2 Å². The normalized spacial score (nSPS) is 26.8. The topological polar surface area (TPSA) is 217 Å². The molecule has 0 unspecified atom stereocenters. The number of phenolic OH excluding ortho intramolecular Hbond substituents is 3. The quantitative estimate of drug-likeness (QED) is 0.0367. The number of nitrogens with zero attached hydrogens (tertiary/aromatic N) is 1. The smallest absolute Gasteiger partial charge is 0.318 e. The Hall–Kier alpha value is -7.73. The second-order valence-corrected chi connectivity index (χ2v) is 22.9. The molecule has 408 valence electrons. The number of ketones is 1. The Kier molecular flexibility index (Phi) is 14.1. The molecule has 3 fully saturated rings. The molecule has 79 heavy (non-hydrogen) atoms. The number of nitrogens with one attached hydrogen (secondary N) is 2. The van der Waals surface area contributed by atoms with E-state index in [2.05, 4.69) is 50.7 Å². The van der Waals surface area contributed by atoms with Crippen molar-refractivity contribution in [2.45, 2.75) is 102 Å². The number of cyclic esters (lactones) is 1. The predicted molar refractivity (Wildman–Crippen MR) is 299 cm³/mol. The third-order valence-electron chi connectivity index (χ3n) is 18.5. The number of aryl methyl sites for hydroxylation is 1. The van der Waals surface area contributed by atoms with Crippen molar-refractivity contribution >= 4 is 45.5 Å². The number of aliphatic hydroxyl groups excluding tert-OH is 2. The number of aliphatic hydroxyl groups is 2. The van der Waals surface area contributed by atoms with Gasteiger partial charge in [-0.25, -0.2) is 0 Å². The predicted octanol–water partition coefficient (Wildman–Crippen LogP) is 10.3. The molecule has 3 aromatic heterocycles. The van der Waals surface area contributed by atoms with Crippen molar-refractivity contribution in [1.29, 1.82) is 0 Å². The molecular weight excluding hydrogens is 999 g/mol. The van der Waals surface area contributed by atoms with Crippen molar-refractivity contribution in [2.75, 3.05) is 20.3 Å². The standard InChI is InChI=1S/C65H67N3O11/c1-77-60-31-50-49(30-59(60)75)52-26-40-34-65(33-38(23-41(65)36-70)35-68-56-19-20-66-55(56)32-57(68)39-7-6-8-42(71)25-39)53-29-43(72)15-17-48(53)63(40)51(50)28-44(73)27-45(16-13-37-14-18-58(74)61(24-37)78-22-21-69)79-62(76)12-5-3-10-47-46-9-2-4-11-54(46)67-64(47)52/h2,4,6-9,11,14,18-20,24-26,30-32,36,38,40-41,43,45,48,51,53,63,66-67,69,71-72,74-75H,10,12-13,15-17,21-23,27-29,33-35H2,1H3/t38-,40-,41+,43+,45+,48+,51+,53-,63+,65-/m0/s1. The van der Waals surface area contributed by atoms with Crippen LogP contribution in [0.2, 0.25) is 0 Å². The number of aromatic nitrogens is 3. The fourth-order valence-corrected chi connectivity index (χ4v) is 15.4. The summed E-state index contributed by atoms with van der Waals surface area (Å²) < 4.78 is 20.0. The lowest BCUT2D eigenvalue weighted by Crippen LogP contribution is -2.53. The van der Waals surface area contributed by atoms with Gasteiger partial charge in [-0.3, -0.25) is 9.59 Å². The van der Waals surface area contributed by atoms with Crippen LogP contribution in [-0.2, 0) is 38.5 Å². The molecule has 4 heterocycles. The summed E-state index contributed by atoms with van der Waals surface area (Å²) in [7, 11) is 1.53. The zero-order chi connectivity index (χ0) is 54.5. The Morgan fingerprint density at radius 1 is 0.886 bits per heavy atom. The number of H-pyrrole nitrogens is 2. The largest absolute Gasteiger partial charge is 0.508 e. The summed E-state index contributed by atoms with van der Waals surface area (Å²) in [6, 6.07) is 28.2. The van der Waals surface area contributed by atoms with E-state index in [9.17, 15) is 35.1 Å². The molecule has 5 aliphatic rings. The monoisotopic (exact) mass is 1070 g/mol. The zero-order valence-electron chi connectivity index (χ0n) is 44.3. The molecule has 4 aliphatic carbocycles. The molecule has 14 heteroatoms. The van der Waals surface area contributed by atoms with Crippen LogP contribution < -0.4 is 9.47 Å². The molecule has 0 amide bonds. The molecule has 14 nitrogen and oxygen atoms in total. The Morgan fingerprint density at radius 3 is 2.58 bits per heavy atom. The van der Waals surface area contributed by atoms with E-state index in [1.807, 2.05) is 42.6 Å². The summed E-state index contributed by atoms with van der Waals surface area (Å²) in [5, 5.41) is 55.1. The van der Waals surface area contributed by atoms with Crippen LogP contribution in [0.3, 0.4) is 0 Å². The Balaban J connectivity index is 0.989. The Bertz CT molecular complexity index is 3570. The minimum Gasteiger partial charge on any atom is -0.508 e. The molecule has 0 saturated heterocycles. The second-order valence-electron chi connectivity index (χ2n) is 22.9. The summed E-state index contributed by atoms with van der Waals surface area (Å²) in [5.74, 6) is 5.27. The molecule has 4 aromatic carbocycles. The highest BCUT2D eigenvalue weighted by Gasteiger charge is 2.62. The number of para-hydroxylation sites is 1. The molecule has 7 N–H and O–H groups in total. The first kappa shape index (κ1) is 52.0. The molecule has 1 spiro atoms. The maximum atomic E-state index is 15.3. The molecule has 12 rings (SSSR count). The number of methoxy groups -OCH3 is 1. The van der Waals surface area contributed by atoms with Crippen LogP contribution in [0.5, 0.6) is 28.7 Å². The van der Waals surface area contributed by atoms with E-state index in [1.165, 1.54) is 19.5 Å². The number of benzene rings is 4. The highest BCUT2D eigenvalue weighted by atomic mass is 16.5. The number of aldehydes is 1. The van der Waals surface area contributed by atoms with E-state index in [0.717, 1.165) is 73.1 Å². The van der Waals surface area contributed by atoms with Crippen molar-refractivity contribution in [3.63, 3.8) is 0 Å². The molecule has 3 saturated carbocycles. The number of aromatic hydroxyl groups is 3. The number of carbonyl (C=O) groups excluding carboxylic acids is 3. The van der Waals surface area contributed by atoms with Gasteiger partial charge in [-0.05, 0) is 169 Å². The van der Waals surface area contributed by atoms with Gasteiger partial charge < -0.3 is 59.1 Å². The first-order valence-corrected chi connectivity index (χ1v) is 28.0. The van der Waals surface area contributed by atoms with Gasteiger partial charge in [0.2, 0.25) is 0 Å². The number of carbonyl (C=O) groups is 3. The first-order valence-electron chi connectivity index (χ1n) is 28.0. The van der Waals surface area contributed by atoms with Crippen molar-refractivity contribution < 1.29 is 54.1 Å². The van der Waals surface area contributed by atoms with Gasteiger partial charge in [0, 0.05) is 60.0 Å². The third kappa shape index (κ3) is 9.75. The lowest BCUT2D eigenvalue weighted by atomic mass is 9.46. The van der Waals surface area contributed by atoms with Crippen molar-refractivity contribution in [2.24, 2.45) is 40.9 Å². The third-order valence-corrected chi connectivity index (χ3v) is 18.5. The van der Waals surface area contributed by atoms with Crippen LogP contribution in [0.1, 0.15) is 98.1 Å². The molecule has 1 aliphatic heterocycles. The Morgan fingerprint density at radius 2 is 1.75 bits per heavy atom. The zero-order valence-corrected chi connectivity index (χ0v) is 44.3. The lowest BCUT2D eigenvalue weighted by Gasteiger charge is -2.58. The second kappa shape index (κ2) is 21.5. The number of hydrogen-bond acceptors (Lipinski definition) is 11. The van der Waals surface area contributed by atoms with Gasteiger partial charge in [0.15, 0.2) is 23.0 Å². The minimum atomic E-state index is -0.813. The highest BCUT2D eigenvalue weighted by molar-refractivity contribution is 5.94. The SMILES string of the molecule is COc1cc2c(cc1O)C1=C[C@H]3C[C@]4(C[C@@H](Cn5c(-c6cccc(O)c6)cc6[nH]ccc65)C[C@@H]4C=O)[C@H]4C[C@H](O)CC[C@H]4[C@@H]3[C@@H]2CC(=O)C[C@@H](CCc2ccc(O)c(OCCO)c2)OC(=O)CC#CCc2c1[nH]c1ccccc21. The number of ether oxygens (including phenoxy) is 3. The molecular formula is C65H67N3O11. The number of phenols is 3. The van der Waals surface area contributed by atoms with Gasteiger partial charge >= 0.3 is 5.97 Å².